The number of nitrogens with one attached hydrogen (secondary N) is 2. The second-order valence-electron chi connectivity index (χ2n) is 4.69. The number of aromatic nitrogens is 3. The van der Waals surface area contributed by atoms with Gasteiger partial charge in [-0.2, -0.15) is 0 Å². The summed E-state index contributed by atoms with van der Waals surface area (Å²) in [5.41, 5.74) is 2.74. The van der Waals surface area contributed by atoms with Gasteiger partial charge in [0.15, 0.2) is 11.0 Å². The van der Waals surface area contributed by atoms with E-state index in [1.165, 1.54) is 6.33 Å². The standard InChI is InChI=1S/C13H18ClN5O/c1-7(5-10-8(2)19-20-9(10)3)18-13-11(15-4)12(14)16-6-17-13/h6-7,15H,5H2,1-4H3,(H,16,17,18)/t7-/m1/s1. The van der Waals surface area contributed by atoms with E-state index in [0.717, 1.165) is 23.4 Å². The highest BCUT2D eigenvalue weighted by Crippen LogP contribution is 2.26. The monoisotopic (exact) mass is 295 g/mol. The molecule has 0 bridgehead atoms. The van der Waals surface area contributed by atoms with Crippen molar-refractivity contribution < 1.29 is 4.52 Å². The van der Waals surface area contributed by atoms with Crippen LogP contribution in [0.15, 0.2) is 10.9 Å². The minimum atomic E-state index is 0.157. The first-order chi connectivity index (χ1) is 9.52. The Morgan fingerprint density at radius 1 is 1.35 bits per heavy atom. The molecule has 0 saturated heterocycles. The first-order valence-electron chi connectivity index (χ1n) is 6.39. The van der Waals surface area contributed by atoms with Crippen LogP contribution in [0.2, 0.25) is 5.15 Å². The number of anilines is 2. The predicted octanol–water partition coefficient (Wildman–Crippen LogP) is 2.82. The Balaban J connectivity index is 2.13. The largest absolute Gasteiger partial charge is 0.383 e. The normalized spacial score (nSPS) is 12.2. The SMILES string of the molecule is CNc1c(Cl)ncnc1N[C@H](C)Cc1c(C)noc1C. The van der Waals surface area contributed by atoms with Gasteiger partial charge in [0.25, 0.3) is 0 Å². The van der Waals surface area contributed by atoms with Gasteiger partial charge in [-0.15, -0.1) is 0 Å². The maximum Gasteiger partial charge on any atom is 0.157 e. The molecule has 2 aromatic rings. The fraction of sp³-hybridized carbons (Fsp3) is 0.462. The number of hydrogen-bond donors (Lipinski definition) is 2. The third-order valence-corrected chi connectivity index (χ3v) is 3.41. The van der Waals surface area contributed by atoms with Gasteiger partial charge in [-0.3, -0.25) is 0 Å². The molecular weight excluding hydrogens is 278 g/mol. The Kier molecular flexibility index (Phi) is 4.44. The van der Waals surface area contributed by atoms with Gasteiger partial charge in [-0.1, -0.05) is 16.8 Å². The van der Waals surface area contributed by atoms with Gasteiger partial charge in [0, 0.05) is 18.7 Å². The Hall–Kier alpha value is -1.82. The highest BCUT2D eigenvalue weighted by atomic mass is 35.5. The Morgan fingerprint density at radius 2 is 2.10 bits per heavy atom. The molecular formula is C13H18ClN5O. The summed E-state index contributed by atoms with van der Waals surface area (Å²) in [7, 11) is 1.79. The third-order valence-electron chi connectivity index (χ3n) is 3.13. The molecule has 0 aliphatic rings. The maximum atomic E-state index is 6.03. The van der Waals surface area contributed by atoms with Crippen molar-refractivity contribution in [2.75, 3.05) is 17.7 Å². The fourth-order valence-corrected chi connectivity index (χ4v) is 2.31. The van der Waals surface area contributed by atoms with Crippen LogP contribution in [-0.4, -0.2) is 28.2 Å². The molecule has 0 fully saturated rings. The highest BCUT2D eigenvalue weighted by Gasteiger charge is 2.15. The second-order valence-corrected chi connectivity index (χ2v) is 5.05. The Bertz CT molecular complexity index is 579. The van der Waals surface area contributed by atoms with Crippen LogP contribution in [0.25, 0.3) is 0 Å². The second kappa shape index (κ2) is 6.09. The molecule has 0 aliphatic heterocycles. The molecule has 0 unspecified atom stereocenters. The molecule has 0 saturated carbocycles. The van der Waals surface area contributed by atoms with Crippen LogP contribution < -0.4 is 10.6 Å². The van der Waals surface area contributed by atoms with E-state index < -0.39 is 0 Å². The first-order valence-corrected chi connectivity index (χ1v) is 6.77. The van der Waals surface area contributed by atoms with Crippen LogP contribution in [-0.2, 0) is 6.42 Å². The van der Waals surface area contributed by atoms with Crippen molar-refractivity contribution in [2.24, 2.45) is 0 Å². The van der Waals surface area contributed by atoms with E-state index >= 15 is 0 Å². The molecule has 2 heterocycles. The van der Waals surface area contributed by atoms with Crippen LogP contribution in [0.4, 0.5) is 11.5 Å². The minimum Gasteiger partial charge on any atom is -0.383 e. The lowest BCUT2D eigenvalue weighted by molar-refractivity contribution is 0.392. The number of nitrogens with zero attached hydrogens (tertiary/aromatic N) is 3. The zero-order chi connectivity index (χ0) is 14.7. The Labute approximate surface area is 122 Å². The van der Waals surface area contributed by atoms with Gasteiger partial charge in [0.2, 0.25) is 0 Å². The summed E-state index contributed by atoms with van der Waals surface area (Å²) in [6.45, 7) is 5.93. The molecule has 0 radical (unpaired) electrons. The van der Waals surface area contributed by atoms with Crippen molar-refractivity contribution >= 4 is 23.1 Å². The number of rotatable bonds is 5. The van der Waals surface area contributed by atoms with Gasteiger partial charge in [0.1, 0.15) is 17.8 Å². The molecule has 7 heteroatoms. The van der Waals surface area contributed by atoms with Gasteiger partial charge in [-0.25, -0.2) is 9.97 Å². The van der Waals surface area contributed by atoms with E-state index in [1.807, 2.05) is 13.8 Å². The summed E-state index contributed by atoms with van der Waals surface area (Å²) in [6, 6.07) is 0.157. The summed E-state index contributed by atoms with van der Waals surface area (Å²) in [6.07, 6.45) is 2.24. The van der Waals surface area contributed by atoms with Gasteiger partial charge < -0.3 is 15.2 Å². The lowest BCUT2D eigenvalue weighted by Gasteiger charge is -2.17. The smallest absolute Gasteiger partial charge is 0.157 e. The molecule has 0 spiro atoms. The molecule has 1 atom stereocenters. The van der Waals surface area contributed by atoms with Crippen LogP contribution in [0.1, 0.15) is 23.9 Å². The van der Waals surface area contributed by atoms with Crippen molar-refractivity contribution in [1.29, 1.82) is 0 Å². The fourth-order valence-electron chi connectivity index (χ4n) is 2.08. The quantitative estimate of drug-likeness (QED) is 0.826. The number of hydrogen-bond acceptors (Lipinski definition) is 6. The maximum absolute atomic E-state index is 6.03. The zero-order valence-electron chi connectivity index (χ0n) is 12.0. The Morgan fingerprint density at radius 3 is 2.70 bits per heavy atom. The van der Waals surface area contributed by atoms with Crippen molar-refractivity contribution in [3.05, 3.63) is 28.5 Å². The van der Waals surface area contributed by atoms with Gasteiger partial charge >= 0.3 is 0 Å². The van der Waals surface area contributed by atoms with E-state index in [4.69, 9.17) is 16.1 Å². The van der Waals surface area contributed by atoms with E-state index in [2.05, 4.69) is 32.7 Å². The van der Waals surface area contributed by atoms with Crippen molar-refractivity contribution in [3.63, 3.8) is 0 Å². The average molecular weight is 296 g/mol. The van der Waals surface area contributed by atoms with Crippen molar-refractivity contribution in [3.8, 4) is 0 Å². The summed E-state index contributed by atoms with van der Waals surface area (Å²) in [5.74, 6) is 1.54. The molecule has 0 amide bonds. The van der Waals surface area contributed by atoms with Crippen molar-refractivity contribution in [1.82, 2.24) is 15.1 Å². The van der Waals surface area contributed by atoms with Crippen LogP contribution in [0, 0.1) is 13.8 Å². The van der Waals surface area contributed by atoms with E-state index in [9.17, 15) is 0 Å². The molecule has 2 aromatic heterocycles. The highest BCUT2D eigenvalue weighted by molar-refractivity contribution is 6.32. The van der Waals surface area contributed by atoms with Crippen LogP contribution in [0.3, 0.4) is 0 Å². The molecule has 20 heavy (non-hydrogen) atoms. The third kappa shape index (κ3) is 3.01. The summed E-state index contributed by atoms with van der Waals surface area (Å²) in [4.78, 5) is 8.16. The van der Waals surface area contributed by atoms with E-state index in [1.54, 1.807) is 7.05 Å². The minimum absolute atomic E-state index is 0.157. The van der Waals surface area contributed by atoms with Gasteiger partial charge in [0.05, 0.1) is 5.69 Å². The zero-order valence-corrected chi connectivity index (χ0v) is 12.7. The molecule has 2 N–H and O–H groups in total. The number of aryl methyl sites for hydroxylation is 2. The van der Waals surface area contributed by atoms with Crippen molar-refractivity contribution in [2.45, 2.75) is 33.2 Å². The van der Waals surface area contributed by atoms with Crippen LogP contribution in [0.5, 0.6) is 0 Å². The first kappa shape index (κ1) is 14.6. The topological polar surface area (TPSA) is 75.9 Å². The van der Waals surface area contributed by atoms with E-state index in [0.29, 0.717) is 16.7 Å². The number of halogens is 1. The van der Waals surface area contributed by atoms with Crippen LogP contribution >= 0.6 is 11.6 Å². The lowest BCUT2D eigenvalue weighted by Crippen LogP contribution is -2.20. The summed E-state index contributed by atoms with van der Waals surface area (Å²) < 4.78 is 5.17. The molecule has 6 nitrogen and oxygen atoms in total. The molecule has 108 valence electrons. The summed E-state index contributed by atoms with van der Waals surface area (Å²) in [5, 5.41) is 10.7. The molecule has 2 rings (SSSR count). The summed E-state index contributed by atoms with van der Waals surface area (Å²) >= 11 is 6.03. The average Bonchev–Trinajstić information content (AvgIpc) is 2.71. The molecule has 0 aromatic carbocycles. The van der Waals surface area contributed by atoms with E-state index in [-0.39, 0.29) is 6.04 Å². The molecule has 0 aliphatic carbocycles. The lowest BCUT2D eigenvalue weighted by atomic mass is 10.1. The predicted molar refractivity (Wildman–Crippen MR) is 79.4 cm³/mol. The van der Waals surface area contributed by atoms with Gasteiger partial charge in [-0.05, 0) is 27.2 Å².